The van der Waals surface area contributed by atoms with Crippen molar-refractivity contribution in [1.29, 1.82) is 0 Å². The van der Waals surface area contributed by atoms with Crippen LogP contribution in [0.5, 0.6) is 5.75 Å². The molecule has 0 bridgehead atoms. The van der Waals surface area contributed by atoms with Crippen LogP contribution in [0.3, 0.4) is 0 Å². The van der Waals surface area contributed by atoms with Gasteiger partial charge in [-0.25, -0.2) is 0 Å². The van der Waals surface area contributed by atoms with E-state index >= 15 is 4.79 Å². The average molecular weight is 567 g/mol. The third-order valence-electron chi connectivity index (χ3n) is 7.86. The van der Waals surface area contributed by atoms with Crippen molar-refractivity contribution in [2.24, 2.45) is 0 Å². The minimum absolute atomic E-state index is 0.199. The molecule has 0 aliphatic rings. The summed E-state index contributed by atoms with van der Waals surface area (Å²) in [6.45, 7) is 6.13. The summed E-state index contributed by atoms with van der Waals surface area (Å²) in [7, 11) is 2.73. The van der Waals surface area contributed by atoms with Crippen molar-refractivity contribution < 1.29 is 14.3 Å². The smallest absolute Gasteiger partial charge is 0.198 e. The van der Waals surface area contributed by atoms with Gasteiger partial charge in [-0.2, -0.15) is 0 Å². The van der Waals surface area contributed by atoms with Crippen LogP contribution in [-0.2, 0) is 0 Å². The van der Waals surface area contributed by atoms with E-state index < -0.39 is 0 Å². The molecule has 1 atom stereocenters. The molecule has 6 rings (SSSR count). The molecule has 0 saturated heterocycles. The third-order valence-corrected chi connectivity index (χ3v) is 8.29. The van der Waals surface area contributed by atoms with Gasteiger partial charge in [0.15, 0.2) is 11.6 Å². The molecule has 0 heterocycles. The molecule has 0 spiro atoms. The van der Waals surface area contributed by atoms with Crippen LogP contribution in [0, 0.1) is 13.8 Å². The molecule has 6 aromatic carbocycles. The number of carbonyl (C=O) groups is 2. The second-order valence-corrected chi connectivity index (χ2v) is 11.1. The van der Waals surface area contributed by atoms with Crippen molar-refractivity contribution in [3.8, 4) is 16.9 Å². The standard InChI is InChI=1S/C38H31O3P/c1-4-41-38-31(42)22-30(25-12-6-5-7-13-25)34(36(39)32-23(2)18-20-26-14-8-10-16-28(26)32)35(38)37(40)33-24(3)19-21-27-15-9-11-17-29(27)33/h5-22H,4,42H2,1-3H3. The van der Waals surface area contributed by atoms with Gasteiger partial charge in [0, 0.05) is 22.0 Å². The molecule has 42 heavy (non-hydrogen) atoms. The fraction of sp³-hybridized carbons (Fsp3) is 0.105. The van der Waals surface area contributed by atoms with Gasteiger partial charge >= 0.3 is 0 Å². The summed E-state index contributed by atoms with van der Waals surface area (Å²) in [5.74, 6) is -0.00780. The summed E-state index contributed by atoms with van der Waals surface area (Å²) in [6, 6.07) is 35.5. The molecule has 206 valence electrons. The number of carbonyl (C=O) groups excluding carboxylic acids is 2. The largest absolute Gasteiger partial charge is 0.492 e. The first-order valence-corrected chi connectivity index (χ1v) is 14.7. The van der Waals surface area contributed by atoms with Crippen molar-refractivity contribution in [2.75, 3.05) is 6.61 Å². The van der Waals surface area contributed by atoms with E-state index in [1.807, 2.05) is 130 Å². The Morgan fingerprint density at radius 1 is 0.619 bits per heavy atom. The van der Waals surface area contributed by atoms with Gasteiger partial charge < -0.3 is 4.74 Å². The molecular weight excluding hydrogens is 535 g/mol. The average Bonchev–Trinajstić information content (AvgIpc) is 3.01. The first kappa shape index (κ1) is 27.6. The van der Waals surface area contributed by atoms with Crippen LogP contribution < -0.4 is 10.0 Å². The molecular formula is C38H31O3P. The molecule has 6 aromatic rings. The van der Waals surface area contributed by atoms with Crippen LogP contribution in [0.2, 0.25) is 0 Å². The summed E-state index contributed by atoms with van der Waals surface area (Å²) < 4.78 is 6.20. The Labute approximate surface area is 248 Å². The van der Waals surface area contributed by atoms with Crippen molar-refractivity contribution in [3.63, 3.8) is 0 Å². The minimum atomic E-state index is -0.226. The van der Waals surface area contributed by atoms with E-state index in [0.29, 0.717) is 40.2 Å². The summed E-state index contributed by atoms with van der Waals surface area (Å²) in [4.78, 5) is 30.0. The van der Waals surface area contributed by atoms with E-state index in [-0.39, 0.29) is 11.6 Å². The molecule has 0 radical (unpaired) electrons. The van der Waals surface area contributed by atoms with Gasteiger partial charge in [0.1, 0.15) is 5.75 Å². The topological polar surface area (TPSA) is 43.4 Å². The van der Waals surface area contributed by atoms with Gasteiger partial charge in [-0.3, -0.25) is 9.59 Å². The number of fused-ring (bicyclic) bond motifs is 2. The number of ketones is 2. The van der Waals surface area contributed by atoms with Crippen LogP contribution >= 0.6 is 9.24 Å². The molecule has 0 N–H and O–H groups in total. The zero-order valence-electron chi connectivity index (χ0n) is 23.9. The number of ether oxygens (including phenoxy) is 1. The maximum Gasteiger partial charge on any atom is 0.198 e. The van der Waals surface area contributed by atoms with Gasteiger partial charge in [0.2, 0.25) is 0 Å². The van der Waals surface area contributed by atoms with Crippen molar-refractivity contribution in [1.82, 2.24) is 0 Å². The molecule has 0 aliphatic heterocycles. The van der Waals surface area contributed by atoms with Crippen molar-refractivity contribution >= 4 is 47.7 Å². The Morgan fingerprint density at radius 2 is 1.12 bits per heavy atom. The first-order chi connectivity index (χ1) is 20.4. The summed E-state index contributed by atoms with van der Waals surface area (Å²) in [6.07, 6.45) is 0. The zero-order valence-corrected chi connectivity index (χ0v) is 25.1. The normalized spacial score (nSPS) is 11.1. The lowest BCUT2D eigenvalue weighted by Gasteiger charge is -2.22. The SMILES string of the molecule is CCOc1c(P)cc(-c2ccccc2)c(C(=O)c2c(C)ccc3ccccc23)c1C(=O)c1c(C)ccc2ccccc12. The van der Waals surface area contributed by atoms with E-state index in [0.717, 1.165) is 43.5 Å². The van der Waals surface area contributed by atoms with Crippen molar-refractivity contribution in [3.05, 3.63) is 143 Å². The second kappa shape index (κ2) is 11.4. The van der Waals surface area contributed by atoms with E-state index in [1.54, 1.807) is 0 Å². The highest BCUT2D eigenvalue weighted by atomic mass is 31.0. The second-order valence-electron chi connectivity index (χ2n) is 10.5. The lowest BCUT2D eigenvalue weighted by Crippen LogP contribution is -2.20. The lowest BCUT2D eigenvalue weighted by molar-refractivity contribution is 0.100. The predicted molar refractivity (Wildman–Crippen MR) is 177 cm³/mol. The number of hydrogen-bond acceptors (Lipinski definition) is 3. The Kier molecular flexibility index (Phi) is 7.45. The van der Waals surface area contributed by atoms with Gasteiger partial charge in [0.05, 0.1) is 12.2 Å². The lowest BCUT2D eigenvalue weighted by atomic mass is 9.83. The highest BCUT2D eigenvalue weighted by Crippen LogP contribution is 2.38. The third kappa shape index (κ3) is 4.70. The quantitative estimate of drug-likeness (QED) is 0.144. The van der Waals surface area contributed by atoms with E-state index in [2.05, 4.69) is 9.24 Å². The monoisotopic (exact) mass is 566 g/mol. The van der Waals surface area contributed by atoms with Crippen molar-refractivity contribution in [2.45, 2.75) is 20.8 Å². The summed E-state index contributed by atoms with van der Waals surface area (Å²) in [5, 5.41) is 4.36. The minimum Gasteiger partial charge on any atom is -0.492 e. The highest BCUT2D eigenvalue weighted by Gasteiger charge is 2.32. The molecule has 0 amide bonds. The number of aryl methyl sites for hydroxylation is 2. The van der Waals surface area contributed by atoms with Gasteiger partial charge in [0.25, 0.3) is 0 Å². The zero-order chi connectivity index (χ0) is 29.4. The van der Waals surface area contributed by atoms with Crippen LogP contribution in [-0.4, -0.2) is 18.2 Å². The molecule has 4 heteroatoms. The number of rotatable bonds is 7. The van der Waals surface area contributed by atoms with Crippen LogP contribution in [0.25, 0.3) is 32.7 Å². The Morgan fingerprint density at radius 3 is 1.67 bits per heavy atom. The van der Waals surface area contributed by atoms with E-state index in [1.165, 1.54) is 0 Å². The highest BCUT2D eigenvalue weighted by molar-refractivity contribution is 7.27. The molecule has 3 nitrogen and oxygen atoms in total. The van der Waals surface area contributed by atoms with Gasteiger partial charge in [-0.05, 0) is 70.6 Å². The molecule has 0 saturated carbocycles. The van der Waals surface area contributed by atoms with Gasteiger partial charge in [-0.15, -0.1) is 9.24 Å². The maximum absolute atomic E-state index is 15.0. The van der Waals surface area contributed by atoms with E-state index in [9.17, 15) is 4.79 Å². The van der Waals surface area contributed by atoms with Gasteiger partial charge in [-0.1, -0.05) is 103 Å². The summed E-state index contributed by atoms with van der Waals surface area (Å²) >= 11 is 0. The number of hydrogen-bond donors (Lipinski definition) is 0. The van der Waals surface area contributed by atoms with Crippen LogP contribution in [0.4, 0.5) is 0 Å². The van der Waals surface area contributed by atoms with Crippen LogP contribution in [0.1, 0.15) is 49.9 Å². The molecule has 1 unspecified atom stereocenters. The molecule has 0 aromatic heterocycles. The number of benzene rings is 6. The predicted octanol–water partition coefficient (Wildman–Crippen LogP) is 8.64. The fourth-order valence-electron chi connectivity index (χ4n) is 5.90. The maximum atomic E-state index is 15.0. The fourth-order valence-corrected chi connectivity index (χ4v) is 6.29. The Bertz CT molecular complexity index is 2010. The molecule has 0 aliphatic carbocycles. The Balaban J connectivity index is 1.75. The van der Waals surface area contributed by atoms with E-state index in [4.69, 9.17) is 4.74 Å². The first-order valence-electron chi connectivity index (χ1n) is 14.1. The molecule has 0 fully saturated rings. The summed E-state index contributed by atoms with van der Waals surface area (Å²) in [5.41, 5.74) is 5.06. The van der Waals surface area contributed by atoms with Crippen LogP contribution in [0.15, 0.2) is 109 Å². The Hall–Kier alpha value is -4.59.